The monoisotopic (exact) mass is 303 g/mol. The van der Waals surface area contributed by atoms with Crippen LogP contribution in [0.25, 0.3) is 0 Å². The number of hydrogen-bond acceptors (Lipinski definition) is 4. The molecular weight excluding hydrogens is 283 g/mol. The highest BCUT2D eigenvalue weighted by Gasteiger charge is 2.32. The molecule has 0 radical (unpaired) electrons. The Morgan fingerprint density at radius 1 is 1.38 bits per heavy atom. The van der Waals surface area contributed by atoms with Crippen LogP contribution in [0.4, 0.5) is 19.0 Å². The molecule has 1 aliphatic rings. The summed E-state index contributed by atoms with van der Waals surface area (Å²) in [5.74, 6) is 0.183. The first kappa shape index (κ1) is 15.9. The maximum absolute atomic E-state index is 12.8. The molecule has 1 aliphatic carbocycles. The first-order valence-corrected chi connectivity index (χ1v) is 7.06. The van der Waals surface area contributed by atoms with Gasteiger partial charge in [-0.2, -0.15) is 18.2 Å². The molecule has 0 spiro atoms. The van der Waals surface area contributed by atoms with E-state index in [4.69, 9.17) is 4.74 Å². The second-order valence-electron chi connectivity index (χ2n) is 5.17. The summed E-state index contributed by atoms with van der Waals surface area (Å²) in [5, 5.41) is 2.79. The van der Waals surface area contributed by atoms with E-state index in [1.807, 2.05) is 7.05 Å². The fourth-order valence-corrected chi connectivity index (χ4v) is 2.01. The van der Waals surface area contributed by atoms with Crippen LogP contribution >= 0.6 is 0 Å². The minimum Gasteiger partial charge on any atom is -0.476 e. The zero-order chi connectivity index (χ0) is 15.5. The molecule has 1 heterocycles. The lowest BCUT2D eigenvalue weighted by Crippen LogP contribution is -2.26. The molecule has 0 atom stereocenters. The molecule has 118 valence electrons. The van der Waals surface area contributed by atoms with Gasteiger partial charge in [-0.05, 0) is 32.9 Å². The summed E-state index contributed by atoms with van der Waals surface area (Å²) in [6.45, 7) is 3.30. The van der Waals surface area contributed by atoms with Crippen molar-refractivity contribution in [3.8, 4) is 5.88 Å². The third kappa shape index (κ3) is 4.77. The molecule has 1 saturated carbocycles. The summed E-state index contributed by atoms with van der Waals surface area (Å²) in [7, 11) is 1.99. The first-order chi connectivity index (χ1) is 9.90. The quantitative estimate of drug-likeness (QED) is 0.840. The predicted molar refractivity (Wildman–Crippen MR) is 74.5 cm³/mol. The summed E-state index contributed by atoms with van der Waals surface area (Å²) in [6, 6.07) is 2.53. The highest BCUT2D eigenvalue weighted by atomic mass is 19.4. The number of likely N-dealkylation sites (N-methyl/N-ethyl adjacent to an activating group) is 1. The van der Waals surface area contributed by atoms with Gasteiger partial charge in [0, 0.05) is 25.2 Å². The van der Waals surface area contributed by atoms with Gasteiger partial charge in [-0.3, -0.25) is 0 Å². The van der Waals surface area contributed by atoms with E-state index < -0.39 is 11.7 Å². The van der Waals surface area contributed by atoms with Crippen molar-refractivity contribution in [2.75, 3.05) is 32.1 Å². The molecule has 1 fully saturated rings. The number of alkyl halides is 3. The van der Waals surface area contributed by atoms with E-state index in [2.05, 4.69) is 15.2 Å². The Labute approximate surface area is 122 Å². The van der Waals surface area contributed by atoms with Crippen molar-refractivity contribution in [1.82, 2.24) is 9.88 Å². The summed E-state index contributed by atoms with van der Waals surface area (Å²) >= 11 is 0. The molecule has 0 saturated heterocycles. The van der Waals surface area contributed by atoms with Gasteiger partial charge in [0.05, 0.1) is 5.56 Å². The molecular formula is C14H20F3N3O. The molecule has 1 N–H and O–H groups in total. The second-order valence-corrected chi connectivity index (χ2v) is 5.17. The van der Waals surface area contributed by atoms with Gasteiger partial charge in [0.25, 0.3) is 0 Å². The van der Waals surface area contributed by atoms with Crippen LogP contribution in [0.1, 0.15) is 25.3 Å². The maximum Gasteiger partial charge on any atom is 0.416 e. The summed E-state index contributed by atoms with van der Waals surface area (Å²) in [4.78, 5) is 6.19. The number of anilines is 1. The van der Waals surface area contributed by atoms with E-state index in [1.165, 1.54) is 12.8 Å². The molecule has 21 heavy (non-hydrogen) atoms. The Morgan fingerprint density at radius 3 is 2.67 bits per heavy atom. The third-order valence-corrected chi connectivity index (χ3v) is 3.35. The lowest BCUT2D eigenvalue weighted by atomic mass is 10.2. The number of pyridine rings is 1. The van der Waals surface area contributed by atoms with Crippen LogP contribution < -0.4 is 10.1 Å². The van der Waals surface area contributed by atoms with E-state index in [0.29, 0.717) is 25.7 Å². The van der Waals surface area contributed by atoms with Crippen LogP contribution in [-0.4, -0.2) is 42.7 Å². The Kier molecular flexibility index (Phi) is 4.92. The number of nitrogens with zero attached hydrogens (tertiary/aromatic N) is 2. The Balaban J connectivity index is 2.00. The van der Waals surface area contributed by atoms with Crippen molar-refractivity contribution >= 4 is 5.82 Å². The molecule has 0 unspecified atom stereocenters. The Hall–Kier alpha value is -1.50. The number of nitrogens with one attached hydrogen (secondary N) is 1. The van der Waals surface area contributed by atoms with Crippen molar-refractivity contribution < 1.29 is 17.9 Å². The normalized spacial score (nSPS) is 15.3. The van der Waals surface area contributed by atoms with Crippen LogP contribution in [0, 0.1) is 0 Å². The zero-order valence-electron chi connectivity index (χ0n) is 12.2. The van der Waals surface area contributed by atoms with E-state index in [0.717, 1.165) is 12.1 Å². The topological polar surface area (TPSA) is 37.4 Å². The SMILES string of the molecule is CCNc1cc(C(F)(F)F)cc(OCCN(C)C2CC2)n1. The minimum absolute atomic E-state index is 0.00460. The fourth-order valence-electron chi connectivity index (χ4n) is 2.01. The molecule has 7 heteroatoms. The number of halogens is 3. The molecule has 1 aromatic heterocycles. The van der Waals surface area contributed by atoms with Crippen molar-refractivity contribution in [2.45, 2.75) is 32.0 Å². The van der Waals surface area contributed by atoms with E-state index in [-0.39, 0.29) is 11.7 Å². The van der Waals surface area contributed by atoms with E-state index in [9.17, 15) is 13.2 Å². The van der Waals surface area contributed by atoms with Gasteiger partial charge in [-0.1, -0.05) is 0 Å². The number of rotatable bonds is 7. The Morgan fingerprint density at radius 2 is 2.10 bits per heavy atom. The maximum atomic E-state index is 12.8. The van der Waals surface area contributed by atoms with Gasteiger partial charge in [0.2, 0.25) is 5.88 Å². The molecule has 1 aromatic rings. The minimum atomic E-state index is -4.41. The highest BCUT2D eigenvalue weighted by molar-refractivity contribution is 5.42. The average Bonchev–Trinajstić information content (AvgIpc) is 3.22. The number of aromatic nitrogens is 1. The predicted octanol–water partition coefficient (Wildman–Crippen LogP) is 3.01. The van der Waals surface area contributed by atoms with Crippen LogP contribution in [0.2, 0.25) is 0 Å². The van der Waals surface area contributed by atoms with Crippen LogP contribution in [0.3, 0.4) is 0 Å². The summed E-state index contributed by atoms with van der Waals surface area (Å²) in [5.41, 5.74) is -0.751. The van der Waals surface area contributed by atoms with Crippen molar-refractivity contribution in [2.24, 2.45) is 0 Å². The Bertz CT molecular complexity index is 475. The first-order valence-electron chi connectivity index (χ1n) is 7.06. The lowest BCUT2D eigenvalue weighted by Gasteiger charge is -2.16. The van der Waals surface area contributed by atoms with Gasteiger partial charge in [0.15, 0.2) is 0 Å². The lowest BCUT2D eigenvalue weighted by molar-refractivity contribution is -0.137. The molecule has 0 amide bonds. The van der Waals surface area contributed by atoms with Gasteiger partial charge in [-0.25, -0.2) is 0 Å². The van der Waals surface area contributed by atoms with Gasteiger partial charge in [-0.15, -0.1) is 0 Å². The van der Waals surface area contributed by atoms with Crippen LogP contribution in [0.5, 0.6) is 5.88 Å². The second kappa shape index (κ2) is 6.51. The molecule has 4 nitrogen and oxygen atoms in total. The number of ether oxygens (including phenoxy) is 1. The van der Waals surface area contributed by atoms with E-state index >= 15 is 0 Å². The third-order valence-electron chi connectivity index (χ3n) is 3.35. The molecule has 0 aliphatic heterocycles. The molecule has 0 bridgehead atoms. The van der Waals surface area contributed by atoms with Crippen LogP contribution in [0.15, 0.2) is 12.1 Å². The van der Waals surface area contributed by atoms with Gasteiger partial charge >= 0.3 is 6.18 Å². The summed E-state index contributed by atoms with van der Waals surface area (Å²) < 4.78 is 43.9. The zero-order valence-corrected chi connectivity index (χ0v) is 12.2. The van der Waals surface area contributed by atoms with Crippen LogP contribution in [-0.2, 0) is 6.18 Å². The molecule has 0 aromatic carbocycles. The standard InChI is InChI=1S/C14H20F3N3O/c1-3-18-12-8-10(14(15,16)17)9-13(19-12)21-7-6-20(2)11-4-5-11/h8-9,11H,3-7H2,1-2H3,(H,18,19). The molecule has 2 rings (SSSR count). The summed E-state index contributed by atoms with van der Waals surface area (Å²) in [6.07, 6.45) is -2.04. The van der Waals surface area contributed by atoms with E-state index in [1.54, 1.807) is 6.92 Å². The van der Waals surface area contributed by atoms with Crippen molar-refractivity contribution in [1.29, 1.82) is 0 Å². The van der Waals surface area contributed by atoms with Gasteiger partial charge < -0.3 is 15.0 Å². The van der Waals surface area contributed by atoms with Crippen molar-refractivity contribution in [3.05, 3.63) is 17.7 Å². The smallest absolute Gasteiger partial charge is 0.416 e. The fraction of sp³-hybridized carbons (Fsp3) is 0.643. The van der Waals surface area contributed by atoms with Gasteiger partial charge in [0.1, 0.15) is 12.4 Å². The van der Waals surface area contributed by atoms with Crippen molar-refractivity contribution in [3.63, 3.8) is 0 Å². The average molecular weight is 303 g/mol. The highest BCUT2D eigenvalue weighted by Crippen LogP contribution is 2.32. The largest absolute Gasteiger partial charge is 0.476 e. The number of hydrogen-bond donors (Lipinski definition) is 1.